The predicted octanol–water partition coefficient (Wildman–Crippen LogP) is 2.61. The third-order valence-electron chi connectivity index (χ3n) is 3.36. The number of ether oxygens (including phenoxy) is 1. The first kappa shape index (κ1) is 15.3. The van der Waals surface area contributed by atoms with Gasteiger partial charge in [0.15, 0.2) is 0 Å². The zero-order valence-corrected chi connectivity index (χ0v) is 12.5. The number of pyridine rings is 1. The number of hydrogen-bond donors (Lipinski definition) is 1. The maximum atomic E-state index is 5.68. The average Bonchev–Trinajstić information content (AvgIpc) is 2.52. The van der Waals surface area contributed by atoms with Crippen molar-refractivity contribution >= 4 is 5.69 Å². The van der Waals surface area contributed by atoms with Crippen molar-refractivity contribution in [2.75, 3.05) is 32.5 Å². The number of anilines is 1. The van der Waals surface area contributed by atoms with Gasteiger partial charge in [-0.3, -0.25) is 4.98 Å². The van der Waals surface area contributed by atoms with Gasteiger partial charge in [-0.25, -0.2) is 0 Å². The summed E-state index contributed by atoms with van der Waals surface area (Å²) in [5.74, 6) is 0.878. The zero-order chi connectivity index (χ0) is 14.9. The fourth-order valence-electron chi connectivity index (χ4n) is 2.07. The molecule has 0 atom stereocenters. The van der Waals surface area contributed by atoms with Crippen molar-refractivity contribution in [2.24, 2.45) is 0 Å². The molecule has 0 saturated heterocycles. The molecule has 0 aliphatic carbocycles. The second-order valence-electron chi connectivity index (χ2n) is 5.18. The molecule has 0 aliphatic heterocycles. The lowest BCUT2D eigenvalue weighted by atomic mass is 10.2. The van der Waals surface area contributed by atoms with E-state index in [9.17, 15) is 0 Å². The van der Waals surface area contributed by atoms with Crippen LogP contribution in [0.25, 0.3) is 0 Å². The van der Waals surface area contributed by atoms with Crippen LogP contribution < -0.4 is 10.5 Å². The summed E-state index contributed by atoms with van der Waals surface area (Å²) in [4.78, 5) is 6.36. The van der Waals surface area contributed by atoms with E-state index in [1.807, 2.05) is 36.7 Å². The lowest BCUT2D eigenvalue weighted by molar-refractivity contribution is 0.264. The van der Waals surface area contributed by atoms with Crippen molar-refractivity contribution in [1.82, 2.24) is 9.88 Å². The topological polar surface area (TPSA) is 51.4 Å². The molecule has 0 amide bonds. The van der Waals surface area contributed by atoms with Gasteiger partial charge < -0.3 is 15.4 Å². The fraction of sp³-hybridized carbons (Fsp3) is 0.353. The number of aromatic nitrogens is 1. The van der Waals surface area contributed by atoms with E-state index in [1.54, 1.807) is 0 Å². The Labute approximate surface area is 126 Å². The molecule has 0 aliphatic rings. The Morgan fingerprint density at radius 3 is 2.48 bits per heavy atom. The van der Waals surface area contributed by atoms with E-state index < -0.39 is 0 Å². The summed E-state index contributed by atoms with van der Waals surface area (Å²) >= 11 is 0. The summed E-state index contributed by atoms with van der Waals surface area (Å²) in [7, 11) is 2.14. The molecule has 1 aromatic carbocycles. The summed E-state index contributed by atoms with van der Waals surface area (Å²) in [6.45, 7) is 2.80. The average molecular weight is 285 g/mol. The Balaban J connectivity index is 1.59. The zero-order valence-electron chi connectivity index (χ0n) is 12.5. The molecule has 0 spiro atoms. The molecule has 0 radical (unpaired) electrons. The van der Waals surface area contributed by atoms with Crippen molar-refractivity contribution in [2.45, 2.75) is 12.8 Å². The smallest absolute Gasteiger partial charge is 0.119 e. The van der Waals surface area contributed by atoms with Crippen LogP contribution in [0.3, 0.4) is 0 Å². The largest absolute Gasteiger partial charge is 0.494 e. The molecule has 2 aromatic rings. The van der Waals surface area contributed by atoms with Crippen LogP contribution in [0.15, 0.2) is 48.8 Å². The normalized spacial score (nSPS) is 10.8. The second kappa shape index (κ2) is 8.27. The number of rotatable bonds is 8. The van der Waals surface area contributed by atoms with Gasteiger partial charge in [0, 0.05) is 31.2 Å². The van der Waals surface area contributed by atoms with Gasteiger partial charge in [-0.1, -0.05) is 0 Å². The predicted molar refractivity (Wildman–Crippen MR) is 86.4 cm³/mol. The summed E-state index contributed by atoms with van der Waals surface area (Å²) in [5, 5.41) is 0. The van der Waals surface area contributed by atoms with Crippen LogP contribution in [0.5, 0.6) is 5.75 Å². The first-order chi connectivity index (χ1) is 10.2. The fourth-order valence-corrected chi connectivity index (χ4v) is 2.07. The molecule has 0 unspecified atom stereocenters. The maximum absolute atomic E-state index is 5.68. The molecule has 21 heavy (non-hydrogen) atoms. The first-order valence-corrected chi connectivity index (χ1v) is 7.30. The van der Waals surface area contributed by atoms with Gasteiger partial charge in [0.25, 0.3) is 0 Å². The van der Waals surface area contributed by atoms with E-state index in [4.69, 9.17) is 10.5 Å². The number of hydrogen-bond acceptors (Lipinski definition) is 4. The number of nitrogens with two attached hydrogens (primary N) is 1. The van der Waals surface area contributed by atoms with Gasteiger partial charge in [-0.05, 0) is 61.9 Å². The molecule has 2 rings (SSSR count). The molecule has 2 N–H and O–H groups in total. The quantitative estimate of drug-likeness (QED) is 0.598. The van der Waals surface area contributed by atoms with Gasteiger partial charge in [-0.15, -0.1) is 0 Å². The second-order valence-corrected chi connectivity index (χ2v) is 5.18. The highest BCUT2D eigenvalue weighted by atomic mass is 16.5. The number of nitrogen functional groups attached to an aromatic ring is 1. The SMILES string of the molecule is CN(CCCOc1ccc(N)cc1)CCc1ccncc1. The standard InChI is InChI=1S/C17H23N3O/c1-20(13-9-15-7-10-19-11-8-15)12-2-14-21-17-5-3-16(18)4-6-17/h3-8,10-11H,2,9,12-14,18H2,1H3. The number of likely N-dealkylation sites (N-methyl/N-ethyl adjacent to an activating group) is 1. The van der Waals surface area contributed by atoms with E-state index >= 15 is 0 Å². The summed E-state index contributed by atoms with van der Waals surface area (Å²) in [6.07, 6.45) is 5.75. The summed E-state index contributed by atoms with van der Waals surface area (Å²) < 4.78 is 5.68. The molecule has 1 heterocycles. The minimum absolute atomic E-state index is 0.726. The van der Waals surface area contributed by atoms with Gasteiger partial charge >= 0.3 is 0 Å². The summed E-state index contributed by atoms with van der Waals surface area (Å²) in [5.41, 5.74) is 7.73. The van der Waals surface area contributed by atoms with Crippen LogP contribution >= 0.6 is 0 Å². The Bertz CT molecular complexity index is 513. The molecule has 1 aromatic heterocycles. The van der Waals surface area contributed by atoms with E-state index in [1.165, 1.54) is 5.56 Å². The van der Waals surface area contributed by atoms with E-state index in [2.05, 4.69) is 29.1 Å². The molecule has 0 saturated carbocycles. The van der Waals surface area contributed by atoms with E-state index in [-0.39, 0.29) is 0 Å². The highest BCUT2D eigenvalue weighted by Crippen LogP contribution is 2.13. The van der Waals surface area contributed by atoms with Crippen LogP contribution in [0.2, 0.25) is 0 Å². The van der Waals surface area contributed by atoms with Crippen LogP contribution in [-0.4, -0.2) is 36.6 Å². The lowest BCUT2D eigenvalue weighted by Gasteiger charge is -2.16. The molecular formula is C17H23N3O. The highest BCUT2D eigenvalue weighted by molar-refractivity contribution is 5.41. The lowest BCUT2D eigenvalue weighted by Crippen LogP contribution is -2.23. The van der Waals surface area contributed by atoms with Crippen molar-refractivity contribution in [3.05, 3.63) is 54.4 Å². The van der Waals surface area contributed by atoms with Gasteiger partial charge in [0.1, 0.15) is 5.75 Å². The van der Waals surface area contributed by atoms with Crippen molar-refractivity contribution in [1.29, 1.82) is 0 Å². The van der Waals surface area contributed by atoms with Crippen LogP contribution in [0.1, 0.15) is 12.0 Å². The van der Waals surface area contributed by atoms with Gasteiger partial charge in [0.2, 0.25) is 0 Å². The Hall–Kier alpha value is -2.07. The third kappa shape index (κ3) is 5.83. The Morgan fingerprint density at radius 2 is 1.76 bits per heavy atom. The van der Waals surface area contributed by atoms with E-state index in [0.29, 0.717) is 0 Å². The first-order valence-electron chi connectivity index (χ1n) is 7.30. The van der Waals surface area contributed by atoms with Crippen molar-refractivity contribution in [3.63, 3.8) is 0 Å². The minimum Gasteiger partial charge on any atom is -0.494 e. The summed E-state index contributed by atoms with van der Waals surface area (Å²) in [6, 6.07) is 11.7. The Kier molecular flexibility index (Phi) is 6.03. The number of benzene rings is 1. The van der Waals surface area contributed by atoms with Crippen molar-refractivity contribution in [3.8, 4) is 5.75 Å². The van der Waals surface area contributed by atoms with Crippen LogP contribution in [0, 0.1) is 0 Å². The molecule has 4 heteroatoms. The maximum Gasteiger partial charge on any atom is 0.119 e. The molecule has 4 nitrogen and oxygen atoms in total. The minimum atomic E-state index is 0.726. The van der Waals surface area contributed by atoms with E-state index in [0.717, 1.165) is 44.0 Å². The highest BCUT2D eigenvalue weighted by Gasteiger charge is 2.00. The van der Waals surface area contributed by atoms with Crippen molar-refractivity contribution < 1.29 is 4.74 Å². The third-order valence-corrected chi connectivity index (χ3v) is 3.36. The monoisotopic (exact) mass is 285 g/mol. The number of nitrogens with zero attached hydrogens (tertiary/aromatic N) is 2. The van der Waals surface area contributed by atoms with Crippen LogP contribution in [0.4, 0.5) is 5.69 Å². The van der Waals surface area contributed by atoms with Gasteiger partial charge in [0.05, 0.1) is 6.61 Å². The van der Waals surface area contributed by atoms with Gasteiger partial charge in [-0.2, -0.15) is 0 Å². The Morgan fingerprint density at radius 1 is 1.05 bits per heavy atom. The van der Waals surface area contributed by atoms with Crippen LogP contribution in [-0.2, 0) is 6.42 Å². The molecular weight excluding hydrogens is 262 g/mol. The molecule has 0 fully saturated rings. The molecule has 112 valence electrons. The molecule has 0 bridgehead atoms.